The number of nitrogens with two attached hydrogens (primary N) is 1. The van der Waals surface area contributed by atoms with Crippen molar-refractivity contribution >= 4 is 17.6 Å². The Bertz CT molecular complexity index is 401. The molecule has 3 N–H and O–H groups in total. The van der Waals surface area contributed by atoms with Crippen molar-refractivity contribution in [3.05, 3.63) is 29.8 Å². The first-order chi connectivity index (χ1) is 8.04. The molecule has 5 heteroatoms. The van der Waals surface area contributed by atoms with E-state index in [1.807, 2.05) is 6.92 Å². The average Bonchev–Trinajstić information content (AvgIpc) is 2.30. The Morgan fingerprint density at radius 1 is 1.29 bits per heavy atom. The average molecular weight is 236 g/mol. The fourth-order valence-electron chi connectivity index (χ4n) is 1.44. The number of hydrogen-bond acceptors (Lipinski definition) is 3. The highest BCUT2D eigenvalue weighted by molar-refractivity contribution is 5.94. The molecule has 0 atom stereocenters. The lowest BCUT2D eigenvalue weighted by Gasteiger charge is -2.20. The lowest BCUT2D eigenvalue weighted by molar-refractivity contribution is -0.137. The van der Waals surface area contributed by atoms with Gasteiger partial charge in [-0.3, -0.25) is 9.59 Å². The normalized spacial score (nSPS) is 9.94. The summed E-state index contributed by atoms with van der Waals surface area (Å²) in [5.74, 6) is -1.08. The van der Waals surface area contributed by atoms with Crippen LogP contribution in [0.3, 0.4) is 0 Å². The zero-order chi connectivity index (χ0) is 12.8. The van der Waals surface area contributed by atoms with Crippen molar-refractivity contribution in [2.45, 2.75) is 13.3 Å². The van der Waals surface area contributed by atoms with E-state index in [1.54, 1.807) is 24.3 Å². The molecule has 5 nitrogen and oxygen atoms in total. The highest BCUT2D eigenvalue weighted by Gasteiger charge is 2.14. The Hall–Kier alpha value is -2.04. The second kappa shape index (κ2) is 5.89. The second-order valence-electron chi connectivity index (χ2n) is 3.65. The summed E-state index contributed by atoms with van der Waals surface area (Å²) >= 11 is 0. The standard InChI is InChI=1S/C12H16N2O3/c1-2-14(8-7-11(15)16)12(17)9-3-5-10(13)6-4-9/h3-6H,2,7-8,13H2,1H3,(H,15,16). The van der Waals surface area contributed by atoms with Gasteiger partial charge >= 0.3 is 5.97 Å². The quantitative estimate of drug-likeness (QED) is 0.752. The van der Waals surface area contributed by atoms with Gasteiger partial charge in [-0.05, 0) is 31.2 Å². The zero-order valence-electron chi connectivity index (χ0n) is 9.72. The van der Waals surface area contributed by atoms with Gasteiger partial charge < -0.3 is 15.7 Å². The molecule has 0 aliphatic heterocycles. The van der Waals surface area contributed by atoms with Crippen molar-refractivity contribution in [3.63, 3.8) is 0 Å². The van der Waals surface area contributed by atoms with Gasteiger partial charge in [0, 0.05) is 24.3 Å². The molecule has 0 bridgehead atoms. The predicted octanol–water partition coefficient (Wildman–Crippen LogP) is 1.21. The van der Waals surface area contributed by atoms with E-state index >= 15 is 0 Å². The molecule has 1 aromatic rings. The van der Waals surface area contributed by atoms with Crippen LogP contribution in [0.4, 0.5) is 5.69 Å². The summed E-state index contributed by atoms with van der Waals surface area (Å²) in [4.78, 5) is 24.0. The Kier molecular flexibility index (Phi) is 4.51. The van der Waals surface area contributed by atoms with Crippen LogP contribution in [0.5, 0.6) is 0 Å². The molecule has 0 heterocycles. The van der Waals surface area contributed by atoms with E-state index in [2.05, 4.69) is 0 Å². The van der Waals surface area contributed by atoms with E-state index in [-0.39, 0.29) is 18.9 Å². The Morgan fingerprint density at radius 3 is 2.35 bits per heavy atom. The van der Waals surface area contributed by atoms with E-state index in [4.69, 9.17) is 10.8 Å². The summed E-state index contributed by atoms with van der Waals surface area (Å²) in [6.45, 7) is 2.52. The molecule has 0 aliphatic rings. The smallest absolute Gasteiger partial charge is 0.305 e. The predicted molar refractivity (Wildman–Crippen MR) is 64.7 cm³/mol. The van der Waals surface area contributed by atoms with Crippen molar-refractivity contribution in [2.24, 2.45) is 0 Å². The first-order valence-corrected chi connectivity index (χ1v) is 5.41. The van der Waals surface area contributed by atoms with Gasteiger partial charge in [-0.2, -0.15) is 0 Å². The number of nitrogens with zero attached hydrogens (tertiary/aromatic N) is 1. The van der Waals surface area contributed by atoms with Crippen molar-refractivity contribution in [1.82, 2.24) is 4.90 Å². The third-order valence-electron chi connectivity index (χ3n) is 2.42. The molecule has 0 aliphatic carbocycles. The van der Waals surface area contributed by atoms with Gasteiger partial charge in [-0.25, -0.2) is 0 Å². The minimum absolute atomic E-state index is 0.0471. The zero-order valence-corrected chi connectivity index (χ0v) is 9.72. The summed E-state index contributed by atoms with van der Waals surface area (Å²) in [6, 6.07) is 6.58. The Labute approximate surface area is 99.8 Å². The summed E-state index contributed by atoms with van der Waals surface area (Å²) in [5.41, 5.74) is 6.64. The van der Waals surface area contributed by atoms with Crippen LogP contribution in [0.2, 0.25) is 0 Å². The maximum atomic E-state index is 12.0. The highest BCUT2D eigenvalue weighted by Crippen LogP contribution is 2.09. The molecule has 92 valence electrons. The van der Waals surface area contributed by atoms with Gasteiger partial charge in [0.05, 0.1) is 6.42 Å². The maximum absolute atomic E-state index is 12.0. The summed E-state index contributed by atoms with van der Waals surface area (Å²) in [7, 11) is 0. The van der Waals surface area contributed by atoms with Crippen LogP contribution in [0.1, 0.15) is 23.7 Å². The first-order valence-electron chi connectivity index (χ1n) is 5.41. The number of carboxylic acid groups (broad SMARTS) is 1. The highest BCUT2D eigenvalue weighted by atomic mass is 16.4. The lowest BCUT2D eigenvalue weighted by Crippen LogP contribution is -2.32. The number of nitrogen functional groups attached to an aromatic ring is 1. The molecule has 17 heavy (non-hydrogen) atoms. The molecule has 0 saturated carbocycles. The van der Waals surface area contributed by atoms with Crippen molar-refractivity contribution < 1.29 is 14.7 Å². The van der Waals surface area contributed by atoms with Gasteiger partial charge in [0.25, 0.3) is 5.91 Å². The summed E-state index contributed by atoms with van der Waals surface area (Å²) < 4.78 is 0. The molecule has 0 unspecified atom stereocenters. The minimum Gasteiger partial charge on any atom is -0.481 e. The number of amides is 1. The van der Waals surface area contributed by atoms with Crippen LogP contribution in [0, 0.1) is 0 Å². The van der Waals surface area contributed by atoms with Gasteiger partial charge in [-0.15, -0.1) is 0 Å². The largest absolute Gasteiger partial charge is 0.481 e. The second-order valence-corrected chi connectivity index (χ2v) is 3.65. The third kappa shape index (κ3) is 3.79. The van der Waals surface area contributed by atoms with Crippen LogP contribution in [0.15, 0.2) is 24.3 Å². The number of hydrogen-bond donors (Lipinski definition) is 2. The molecule has 0 fully saturated rings. The number of aliphatic carboxylic acids is 1. The molecule has 1 rings (SSSR count). The summed E-state index contributed by atoms with van der Waals surface area (Å²) in [6.07, 6.45) is -0.0471. The minimum atomic E-state index is -0.909. The molecule has 1 amide bonds. The van der Waals surface area contributed by atoms with Crippen LogP contribution < -0.4 is 5.73 Å². The fraction of sp³-hybridized carbons (Fsp3) is 0.333. The molecule has 0 aromatic heterocycles. The number of benzene rings is 1. The van der Waals surface area contributed by atoms with E-state index < -0.39 is 5.97 Å². The number of carbonyl (C=O) groups is 2. The van der Waals surface area contributed by atoms with Crippen molar-refractivity contribution in [3.8, 4) is 0 Å². The molecule has 1 aromatic carbocycles. The number of carboxylic acids is 1. The number of rotatable bonds is 5. The van der Waals surface area contributed by atoms with E-state index in [9.17, 15) is 9.59 Å². The number of carbonyl (C=O) groups excluding carboxylic acids is 1. The Morgan fingerprint density at radius 2 is 1.88 bits per heavy atom. The molecular formula is C12H16N2O3. The van der Waals surface area contributed by atoms with Gasteiger partial charge in [0.2, 0.25) is 0 Å². The van der Waals surface area contributed by atoms with E-state index in [1.165, 1.54) is 4.90 Å². The van der Waals surface area contributed by atoms with Crippen LogP contribution >= 0.6 is 0 Å². The monoisotopic (exact) mass is 236 g/mol. The lowest BCUT2D eigenvalue weighted by atomic mass is 10.2. The first kappa shape index (κ1) is 13.0. The van der Waals surface area contributed by atoms with E-state index in [0.29, 0.717) is 17.8 Å². The van der Waals surface area contributed by atoms with Crippen molar-refractivity contribution in [2.75, 3.05) is 18.8 Å². The van der Waals surface area contributed by atoms with Gasteiger partial charge in [0.15, 0.2) is 0 Å². The molecule has 0 radical (unpaired) electrons. The number of anilines is 1. The van der Waals surface area contributed by atoms with Crippen LogP contribution in [-0.4, -0.2) is 35.0 Å². The molecular weight excluding hydrogens is 220 g/mol. The third-order valence-corrected chi connectivity index (χ3v) is 2.42. The van der Waals surface area contributed by atoms with Crippen LogP contribution in [0.25, 0.3) is 0 Å². The van der Waals surface area contributed by atoms with Crippen molar-refractivity contribution in [1.29, 1.82) is 0 Å². The van der Waals surface area contributed by atoms with E-state index in [0.717, 1.165) is 0 Å². The SMILES string of the molecule is CCN(CCC(=O)O)C(=O)c1ccc(N)cc1. The summed E-state index contributed by atoms with van der Waals surface area (Å²) in [5, 5.41) is 8.59. The molecule has 0 saturated heterocycles. The molecule has 0 spiro atoms. The van der Waals surface area contributed by atoms with Gasteiger partial charge in [0.1, 0.15) is 0 Å². The fourth-order valence-corrected chi connectivity index (χ4v) is 1.44. The maximum Gasteiger partial charge on any atom is 0.305 e. The van der Waals surface area contributed by atoms with Gasteiger partial charge in [-0.1, -0.05) is 0 Å². The van der Waals surface area contributed by atoms with Crippen LogP contribution in [-0.2, 0) is 4.79 Å². The topological polar surface area (TPSA) is 83.6 Å². The Balaban J connectivity index is 2.71.